The van der Waals surface area contributed by atoms with E-state index in [9.17, 15) is 4.79 Å². The minimum absolute atomic E-state index is 0.0122. The lowest BCUT2D eigenvalue weighted by atomic mass is 10.2. The van der Waals surface area contributed by atoms with E-state index in [1.165, 1.54) is 0 Å². The van der Waals surface area contributed by atoms with Crippen LogP contribution < -0.4 is 4.74 Å². The smallest absolute Gasteiger partial charge is 0.248 e. The van der Waals surface area contributed by atoms with Crippen LogP contribution in [0.25, 0.3) is 0 Å². The molecule has 4 heteroatoms. The Kier molecular flexibility index (Phi) is 7.30. The van der Waals surface area contributed by atoms with E-state index >= 15 is 0 Å². The predicted octanol–water partition coefficient (Wildman–Crippen LogP) is 3.44. The van der Waals surface area contributed by atoms with Gasteiger partial charge in [0.05, 0.1) is 13.2 Å². The van der Waals surface area contributed by atoms with Gasteiger partial charge in [-0.1, -0.05) is 48.5 Å². The molecule has 1 amide bonds. The lowest BCUT2D eigenvalue weighted by Crippen LogP contribution is -2.31. The summed E-state index contributed by atoms with van der Waals surface area (Å²) < 4.78 is 11.2. The average molecular weight is 327 g/mol. The Bertz CT molecular complexity index is 628. The molecule has 0 aliphatic carbocycles. The molecule has 0 unspecified atom stereocenters. The van der Waals surface area contributed by atoms with E-state index in [0.29, 0.717) is 19.8 Å². The minimum atomic E-state index is -0.0122. The summed E-state index contributed by atoms with van der Waals surface area (Å²) in [7, 11) is 1.79. The molecule has 0 N–H and O–H groups in total. The van der Waals surface area contributed by atoms with Crippen LogP contribution in [0.15, 0.2) is 54.6 Å². The number of benzene rings is 2. The number of hydrogen-bond donors (Lipinski definition) is 0. The van der Waals surface area contributed by atoms with Gasteiger partial charge in [-0.15, -0.1) is 0 Å². The number of carbonyl (C=O) groups is 1. The molecular formula is C20H25NO3. The van der Waals surface area contributed by atoms with Crippen molar-refractivity contribution in [3.8, 4) is 5.75 Å². The van der Waals surface area contributed by atoms with Crippen LogP contribution in [0.2, 0.25) is 0 Å². The van der Waals surface area contributed by atoms with Gasteiger partial charge in [-0.2, -0.15) is 0 Å². The predicted molar refractivity (Wildman–Crippen MR) is 95.0 cm³/mol. The van der Waals surface area contributed by atoms with Crippen molar-refractivity contribution in [3.63, 3.8) is 0 Å². The summed E-state index contributed by atoms with van der Waals surface area (Å²) in [5.41, 5.74) is 2.19. The zero-order valence-electron chi connectivity index (χ0n) is 14.4. The summed E-state index contributed by atoms with van der Waals surface area (Å²) in [6.45, 7) is 3.82. The molecule has 4 nitrogen and oxygen atoms in total. The molecule has 0 radical (unpaired) electrons. The summed E-state index contributed by atoms with van der Waals surface area (Å²) in [5.74, 6) is 0.888. The van der Waals surface area contributed by atoms with Crippen LogP contribution in [0.3, 0.4) is 0 Å². The van der Waals surface area contributed by atoms with Crippen LogP contribution in [0.5, 0.6) is 5.75 Å². The number of carbonyl (C=O) groups excluding carboxylic acids is 1. The Balaban J connectivity index is 1.60. The summed E-state index contributed by atoms with van der Waals surface area (Å²) in [5, 5.41) is 0. The van der Waals surface area contributed by atoms with E-state index in [-0.39, 0.29) is 12.5 Å². The van der Waals surface area contributed by atoms with Crippen molar-refractivity contribution in [1.29, 1.82) is 0 Å². The van der Waals surface area contributed by atoms with E-state index in [0.717, 1.165) is 23.3 Å². The molecule has 0 fully saturated rings. The SMILES string of the molecule is Cc1ccccc1OCCCN(C)C(=O)COCc1ccccc1. The van der Waals surface area contributed by atoms with Gasteiger partial charge in [0.15, 0.2) is 0 Å². The first-order chi connectivity index (χ1) is 11.7. The van der Waals surface area contributed by atoms with Gasteiger partial charge in [0.25, 0.3) is 0 Å². The Labute approximate surface area is 144 Å². The molecule has 0 aliphatic rings. The third-order valence-corrected chi connectivity index (χ3v) is 3.75. The number of likely N-dealkylation sites (N-methyl/N-ethyl adjacent to an activating group) is 1. The number of para-hydroxylation sites is 1. The molecule has 0 bridgehead atoms. The molecule has 2 aromatic rings. The zero-order chi connectivity index (χ0) is 17.2. The Morgan fingerprint density at radius 1 is 1.04 bits per heavy atom. The van der Waals surface area contributed by atoms with Crippen molar-refractivity contribution >= 4 is 5.91 Å². The zero-order valence-corrected chi connectivity index (χ0v) is 14.4. The molecule has 0 aromatic heterocycles. The number of nitrogens with zero attached hydrogens (tertiary/aromatic N) is 1. The van der Waals surface area contributed by atoms with Crippen LogP contribution in [0.1, 0.15) is 17.5 Å². The van der Waals surface area contributed by atoms with Gasteiger partial charge in [0.1, 0.15) is 12.4 Å². The first-order valence-corrected chi connectivity index (χ1v) is 8.21. The van der Waals surface area contributed by atoms with Crippen LogP contribution in [0.4, 0.5) is 0 Å². The summed E-state index contributed by atoms with van der Waals surface area (Å²) in [6.07, 6.45) is 0.787. The fourth-order valence-corrected chi connectivity index (χ4v) is 2.27. The molecule has 128 valence electrons. The van der Waals surface area contributed by atoms with Crippen molar-refractivity contribution < 1.29 is 14.3 Å². The quantitative estimate of drug-likeness (QED) is 0.662. The lowest BCUT2D eigenvalue weighted by molar-refractivity contribution is -0.135. The molecule has 0 saturated carbocycles. The Morgan fingerprint density at radius 3 is 2.50 bits per heavy atom. The maximum absolute atomic E-state index is 12.0. The largest absolute Gasteiger partial charge is 0.493 e. The van der Waals surface area contributed by atoms with Gasteiger partial charge < -0.3 is 14.4 Å². The van der Waals surface area contributed by atoms with Crippen LogP contribution in [-0.2, 0) is 16.1 Å². The minimum Gasteiger partial charge on any atom is -0.493 e. The van der Waals surface area contributed by atoms with Crippen molar-refractivity contribution in [1.82, 2.24) is 4.90 Å². The molecule has 0 saturated heterocycles. The lowest BCUT2D eigenvalue weighted by Gasteiger charge is -2.17. The molecule has 24 heavy (non-hydrogen) atoms. The van der Waals surface area contributed by atoms with Crippen LogP contribution in [0, 0.1) is 6.92 Å². The molecular weight excluding hydrogens is 302 g/mol. The van der Waals surface area contributed by atoms with Gasteiger partial charge >= 0.3 is 0 Å². The van der Waals surface area contributed by atoms with Gasteiger partial charge in [0, 0.05) is 13.6 Å². The van der Waals surface area contributed by atoms with E-state index in [1.807, 2.05) is 61.5 Å². The maximum atomic E-state index is 12.0. The summed E-state index contributed by atoms with van der Waals surface area (Å²) >= 11 is 0. The number of aryl methyl sites for hydroxylation is 1. The van der Waals surface area contributed by atoms with Gasteiger partial charge in [-0.25, -0.2) is 0 Å². The van der Waals surface area contributed by atoms with E-state index in [4.69, 9.17) is 9.47 Å². The highest BCUT2D eigenvalue weighted by atomic mass is 16.5. The maximum Gasteiger partial charge on any atom is 0.248 e. The molecule has 0 aliphatic heterocycles. The molecule has 2 aromatic carbocycles. The number of hydrogen-bond acceptors (Lipinski definition) is 3. The second-order valence-corrected chi connectivity index (χ2v) is 5.76. The first kappa shape index (κ1) is 18.0. The van der Waals surface area contributed by atoms with Crippen LogP contribution >= 0.6 is 0 Å². The molecule has 0 heterocycles. The van der Waals surface area contributed by atoms with E-state index in [1.54, 1.807) is 11.9 Å². The van der Waals surface area contributed by atoms with E-state index < -0.39 is 0 Å². The molecule has 2 rings (SSSR count). The average Bonchev–Trinajstić information content (AvgIpc) is 2.60. The Morgan fingerprint density at radius 2 is 1.75 bits per heavy atom. The van der Waals surface area contributed by atoms with Gasteiger partial charge in [0.2, 0.25) is 5.91 Å². The normalized spacial score (nSPS) is 10.4. The monoisotopic (exact) mass is 327 g/mol. The fourth-order valence-electron chi connectivity index (χ4n) is 2.27. The molecule has 0 spiro atoms. The second kappa shape index (κ2) is 9.73. The second-order valence-electron chi connectivity index (χ2n) is 5.76. The summed E-state index contributed by atoms with van der Waals surface area (Å²) in [6, 6.07) is 17.8. The van der Waals surface area contributed by atoms with Crippen molar-refractivity contribution in [2.45, 2.75) is 20.0 Å². The van der Waals surface area contributed by atoms with Crippen molar-refractivity contribution in [2.24, 2.45) is 0 Å². The highest BCUT2D eigenvalue weighted by Gasteiger charge is 2.08. The molecule has 0 atom stereocenters. The standard InChI is InChI=1S/C20H25NO3/c1-17-9-6-7-12-19(17)24-14-8-13-21(2)20(22)16-23-15-18-10-4-3-5-11-18/h3-7,9-12H,8,13-16H2,1-2H3. The summed E-state index contributed by atoms with van der Waals surface area (Å²) in [4.78, 5) is 13.7. The topological polar surface area (TPSA) is 38.8 Å². The Hall–Kier alpha value is -2.33. The van der Waals surface area contributed by atoms with Gasteiger partial charge in [-0.3, -0.25) is 4.79 Å². The van der Waals surface area contributed by atoms with E-state index in [2.05, 4.69) is 0 Å². The fraction of sp³-hybridized carbons (Fsp3) is 0.350. The third-order valence-electron chi connectivity index (χ3n) is 3.75. The van der Waals surface area contributed by atoms with Gasteiger partial charge in [-0.05, 0) is 30.5 Å². The van der Waals surface area contributed by atoms with Crippen molar-refractivity contribution in [3.05, 3.63) is 65.7 Å². The first-order valence-electron chi connectivity index (χ1n) is 8.21. The third kappa shape index (κ3) is 6.05. The van der Waals surface area contributed by atoms with Crippen LogP contribution in [-0.4, -0.2) is 37.6 Å². The number of ether oxygens (including phenoxy) is 2. The number of amides is 1. The number of rotatable bonds is 9. The highest BCUT2D eigenvalue weighted by Crippen LogP contribution is 2.16. The highest BCUT2D eigenvalue weighted by molar-refractivity contribution is 5.77. The van der Waals surface area contributed by atoms with Crippen molar-refractivity contribution in [2.75, 3.05) is 26.8 Å².